The Labute approximate surface area is 288 Å². The molecular weight excluding hydrogens is 614 g/mol. The highest BCUT2D eigenvalue weighted by molar-refractivity contribution is 5.94. The Bertz CT molecular complexity index is 1220. The maximum atomic E-state index is 14.3. The summed E-state index contributed by atoms with van der Waals surface area (Å²) in [4.78, 5) is 59.3. The Hall–Kier alpha value is -2.50. The Morgan fingerprint density at radius 2 is 1.44 bits per heavy atom. The van der Waals surface area contributed by atoms with E-state index < -0.39 is 71.1 Å². The lowest BCUT2D eigenvalue weighted by Gasteiger charge is -2.57. The van der Waals surface area contributed by atoms with Crippen molar-refractivity contribution < 1.29 is 39.2 Å². The summed E-state index contributed by atoms with van der Waals surface area (Å²) >= 11 is 0. The van der Waals surface area contributed by atoms with Gasteiger partial charge in [-0.05, 0) is 75.5 Å². The molecule has 2 saturated carbocycles. The largest absolute Gasteiger partial charge is 0.460 e. The van der Waals surface area contributed by atoms with Crippen LogP contribution in [0.15, 0.2) is 12.2 Å². The standard InChI is InChI=1S/C37H63N3O8/c1-20(2)24-13-15-36(9)27(17-24)37(10,47)16-14-28(36)48-35(46)26-18-25(41)19-40(26)33(44)30(22(5)6)38(11)32(43)29(21(3)4)39(12)34(45)31(42)23(7)8/h21-31,41-42,47H,1,13-19H2,2-12H3/t24-,25-,26-,27-,28-,29-,30-,31+,36-,37-/m0/s1. The van der Waals surface area contributed by atoms with Crippen LogP contribution in [-0.2, 0) is 23.9 Å². The normalized spacial score (nSPS) is 32.4. The monoisotopic (exact) mass is 677 g/mol. The van der Waals surface area contributed by atoms with E-state index in [-0.39, 0.29) is 36.6 Å². The fourth-order valence-corrected chi connectivity index (χ4v) is 8.69. The number of hydrogen-bond acceptors (Lipinski definition) is 8. The number of carbonyl (C=O) groups excluding carboxylic acids is 4. The minimum Gasteiger partial charge on any atom is -0.460 e. The number of rotatable bonds is 11. The summed E-state index contributed by atoms with van der Waals surface area (Å²) in [7, 11) is 3.01. The predicted octanol–water partition coefficient (Wildman–Crippen LogP) is 3.39. The van der Waals surface area contributed by atoms with Gasteiger partial charge in [-0.2, -0.15) is 0 Å². The van der Waals surface area contributed by atoms with Crippen LogP contribution < -0.4 is 0 Å². The first kappa shape index (κ1) is 39.9. The van der Waals surface area contributed by atoms with Crippen LogP contribution in [0.5, 0.6) is 0 Å². The highest BCUT2D eigenvalue weighted by atomic mass is 16.5. The van der Waals surface area contributed by atoms with Crippen LogP contribution in [0.1, 0.15) is 101 Å². The minimum absolute atomic E-state index is 0.0221. The number of likely N-dealkylation sites (N-methyl/N-ethyl adjacent to an activating group) is 2. The number of ether oxygens (including phenoxy) is 1. The van der Waals surface area contributed by atoms with Crippen LogP contribution in [0, 0.1) is 35.0 Å². The molecule has 10 atom stereocenters. The van der Waals surface area contributed by atoms with E-state index in [0.29, 0.717) is 18.8 Å². The van der Waals surface area contributed by atoms with Crippen molar-refractivity contribution in [3.63, 3.8) is 0 Å². The molecule has 1 aliphatic heterocycles. The van der Waals surface area contributed by atoms with Gasteiger partial charge in [-0.15, -0.1) is 0 Å². The Morgan fingerprint density at radius 1 is 0.875 bits per heavy atom. The molecule has 1 saturated heterocycles. The van der Waals surface area contributed by atoms with Crippen molar-refractivity contribution in [1.82, 2.24) is 14.7 Å². The summed E-state index contributed by atoms with van der Waals surface area (Å²) < 4.78 is 6.26. The maximum Gasteiger partial charge on any atom is 0.329 e. The molecule has 2 aliphatic carbocycles. The second kappa shape index (κ2) is 15.2. The maximum absolute atomic E-state index is 14.3. The number of amides is 3. The van der Waals surface area contributed by atoms with Gasteiger partial charge in [0, 0.05) is 32.5 Å². The van der Waals surface area contributed by atoms with Crippen molar-refractivity contribution in [2.75, 3.05) is 20.6 Å². The van der Waals surface area contributed by atoms with E-state index in [1.54, 1.807) is 27.7 Å². The molecule has 3 rings (SSSR count). The lowest BCUT2D eigenvalue weighted by molar-refractivity contribution is -0.199. The number of carbonyl (C=O) groups is 4. The first-order valence-corrected chi connectivity index (χ1v) is 17.8. The number of allylic oxidation sites excluding steroid dienone is 1. The zero-order valence-corrected chi connectivity index (χ0v) is 31.2. The summed E-state index contributed by atoms with van der Waals surface area (Å²) in [6, 6.07) is -2.95. The average molecular weight is 678 g/mol. The van der Waals surface area contributed by atoms with Gasteiger partial charge >= 0.3 is 5.97 Å². The Morgan fingerprint density at radius 3 is 1.96 bits per heavy atom. The number of fused-ring (bicyclic) bond motifs is 1. The molecule has 3 amide bonds. The molecule has 0 radical (unpaired) electrons. The van der Waals surface area contributed by atoms with Crippen molar-refractivity contribution in [2.24, 2.45) is 35.0 Å². The van der Waals surface area contributed by atoms with E-state index in [1.807, 2.05) is 27.7 Å². The SMILES string of the molecule is C=C(C)[C@H]1CC[C@]2(C)[C@@H](OC(=O)[C@@H]3C[C@H](O)CN3C(=O)[C@H](C(C)C)N(C)C(=O)[C@H](C(C)C)N(C)C(=O)[C@H](O)C(C)C)CC[C@](C)(O)[C@H]2C1. The smallest absolute Gasteiger partial charge is 0.329 e. The van der Waals surface area contributed by atoms with Crippen molar-refractivity contribution in [1.29, 1.82) is 0 Å². The predicted molar refractivity (Wildman–Crippen MR) is 183 cm³/mol. The van der Waals surface area contributed by atoms with Crippen LogP contribution >= 0.6 is 0 Å². The topological polar surface area (TPSA) is 148 Å². The molecule has 0 aromatic carbocycles. The van der Waals surface area contributed by atoms with Gasteiger partial charge in [0.15, 0.2) is 0 Å². The van der Waals surface area contributed by atoms with Gasteiger partial charge in [0.05, 0.1) is 11.7 Å². The molecule has 3 N–H and O–H groups in total. The van der Waals surface area contributed by atoms with E-state index in [9.17, 15) is 34.5 Å². The zero-order valence-electron chi connectivity index (χ0n) is 31.2. The minimum atomic E-state index is -1.27. The van der Waals surface area contributed by atoms with E-state index in [1.165, 1.54) is 28.8 Å². The highest BCUT2D eigenvalue weighted by Gasteiger charge is 2.57. The average Bonchev–Trinajstić information content (AvgIpc) is 3.38. The van der Waals surface area contributed by atoms with E-state index in [0.717, 1.165) is 24.8 Å². The molecule has 11 nitrogen and oxygen atoms in total. The number of esters is 1. The van der Waals surface area contributed by atoms with E-state index in [4.69, 9.17) is 4.74 Å². The van der Waals surface area contributed by atoms with Crippen molar-refractivity contribution in [2.45, 2.75) is 143 Å². The van der Waals surface area contributed by atoms with Gasteiger partial charge in [0.2, 0.25) is 11.8 Å². The van der Waals surface area contributed by atoms with Gasteiger partial charge in [0.25, 0.3) is 5.91 Å². The second-order valence-electron chi connectivity index (χ2n) is 16.6. The fraction of sp³-hybridized carbons (Fsp3) is 0.838. The highest BCUT2D eigenvalue weighted by Crippen LogP contribution is 2.57. The van der Waals surface area contributed by atoms with Crippen LogP contribution in [0.2, 0.25) is 0 Å². The molecule has 48 heavy (non-hydrogen) atoms. The van der Waals surface area contributed by atoms with Crippen LogP contribution in [0.4, 0.5) is 0 Å². The molecule has 1 heterocycles. The molecule has 0 unspecified atom stereocenters. The van der Waals surface area contributed by atoms with Crippen molar-refractivity contribution in [3.8, 4) is 0 Å². The fourth-order valence-electron chi connectivity index (χ4n) is 8.69. The molecular formula is C37H63N3O8. The Kier molecular flexibility index (Phi) is 12.6. The summed E-state index contributed by atoms with van der Waals surface area (Å²) in [6.07, 6.45) is 0.756. The van der Waals surface area contributed by atoms with Gasteiger partial charge in [-0.1, -0.05) is 60.6 Å². The first-order valence-electron chi connectivity index (χ1n) is 17.8. The zero-order chi connectivity index (χ0) is 36.6. The molecule has 11 heteroatoms. The second-order valence-corrected chi connectivity index (χ2v) is 16.6. The van der Waals surface area contributed by atoms with Gasteiger partial charge in [0.1, 0.15) is 30.3 Å². The summed E-state index contributed by atoms with van der Waals surface area (Å²) in [6.45, 7) is 20.7. The summed E-state index contributed by atoms with van der Waals surface area (Å²) in [5, 5.41) is 32.6. The molecule has 0 aromatic rings. The quantitative estimate of drug-likeness (QED) is 0.223. The van der Waals surface area contributed by atoms with E-state index in [2.05, 4.69) is 13.5 Å². The Balaban J connectivity index is 1.84. The third-order valence-corrected chi connectivity index (χ3v) is 11.7. The molecule has 0 aromatic heterocycles. The number of likely N-dealkylation sites (tertiary alicyclic amines) is 1. The third kappa shape index (κ3) is 7.94. The third-order valence-electron chi connectivity index (χ3n) is 11.7. The molecule has 0 spiro atoms. The van der Waals surface area contributed by atoms with Crippen LogP contribution in [0.25, 0.3) is 0 Å². The number of β-amino-alcohol motifs (C(OH)–C–C–N with tert-alkyl or cyclic N) is 1. The van der Waals surface area contributed by atoms with Crippen LogP contribution in [-0.4, -0.2) is 116 Å². The number of nitrogens with zero attached hydrogens (tertiary/aromatic N) is 3. The van der Waals surface area contributed by atoms with Crippen molar-refractivity contribution >= 4 is 23.7 Å². The first-order chi connectivity index (χ1) is 22.1. The number of aliphatic hydroxyl groups excluding tert-OH is 2. The van der Waals surface area contributed by atoms with Crippen molar-refractivity contribution in [3.05, 3.63) is 12.2 Å². The lowest BCUT2D eigenvalue weighted by atomic mass is 9.52. The van der Waals surface area contributed by atoms with Gasteiger partial charge in [-0.3, -0.25) is 14.4 Å². The van der Waals surface area contributed by atoms with Gasteiger partial charge < -0.3 is 34.8 Å². The lowest BCUT2D eigenvalue weighted by Crippen LogP contribution is -2.60. The number of aliphatic hydroxyl groups is 3. The summed E-state index contributed by atoms with van der Waals surface area (Å²) in [5.74, 6) is -2.91. The number of hydrogen-bond donors (Lipinski definition) is 3. The molecule has 3 fully saturated rings. The molecule has 274 valence electrons. The van der Waals surface area contributed by atoms with Crippen LogP contribution in [0.3, 0.4) is 0 Å². The van der Waals surface area contributed by atoms with E-state index >= 15 is 0 Å². The van der Waals surface area contributed by atoms with Gasteiger partial charge in [-0.25, -0.2) is 4.79 Å². The molecule has 0 bridgehead atoms. The summed E-state index contributed by atoms with van der Waals surface area (Å²) in [5.41, 5.74) is -0.269. The molecule has 3 aliphatic rings.